The zero-order chi connectivity index (χ0) is 15.9. The molecule has 0 unspecified atom stereocenters. The lowest BCUT2D eigenvalue weighted by molar-refractivity contribution is -0.119. The topological polar surface area (TPSA) is 79.5 Å². The van der Waals surface area contributed by atoms with E-state index in [-0.39, 0.29) is 12.5 Å². The number of amides is 1. The van der Waals surface area contributed by atoms with Crippen LogP contribution in [-0.4, -0.2) is 18.2 Å². The molecule has 2 rings (SSSR count). The van der Waals surface area contributed by atoms with Gasteiger partial charge >= 0.3 is 0 Å². The van der Waals surface area contributed by atoms with Crippen molar-refractivity contribution in [3.05, 3.63) is 59.1 Å². The van der Waals surface area contributed by atoms with Crippen molar-refractivity contribution in [3.63, 3.8) is 0 Å². The van der Waals surface area contributed by atoms with Gasteiger partial charge in [-0.25, -0.2) is 5.43 Å². The Kier molecular flexibility index (Phi) is 5.38. The molecule has 5 nitrogen and oxygen atoms in total. The molecule has 114 valence electrons. The van der Waals surface area contributed by atoms with Crippen LogP contribution in [0.15, 0.2) is 53.6 Å². The molecule has 0 aliphatic heterocycles. The molecule has 0 spiro atoms. The summed E-state index contributed by atoms with van der Waals surface area (Å²) >= 11 is 6.00. The Morgan fingerprint density at radius 2 is 2.00 bits per heavy atom. The first-order valence-corrected chi connectivity index (χ1v) is 7.11. The number of hydrogen-bond donors (Lipinski definition) is 3. The van der Waals surface area contributed by atoms with Crippen molar-refractivity contribution in [1.29, 1.82) is 0 Å². The summed E-state index contributed by atoms with van der Waals surface area (Å²) in [6, 6.07) is 14.5. The molecule has 0 saturated carbocycles. The Hall–Kier alpha value is -2.53. The predicted octanol–water partition coefficient (Wildman–Crippen LogP) is 2.87. The van der Waals surface area contributed by atoms with Crippen molar-refractivity contribution >= 4 is 34.6 Å². The fourth-order valence-corrected chi connectivity index (χ4v) is 2.00. The maximum Gasteiger partial charge on any atom is 0.259 e. The molecule has 0 atom stereocenters. The van der Waals surface area contributed by atoms with Gasteiger partial charge in [0.1, 0.15) is 0 Å². The fraction of sp³-hybridized carbons (Fsp3) is 0.125. The fourth-order valence-electron chi connectivity index (χ4n) is 1.79. The number of halogens is 1. The van der Waals surface area contributed by atoms with Gasteiger partial charge in [0.05, 0.1) is 23.0 Å². The van der Waals surface area contributed by atoms with Crippen molar-refractivity contribution in [2.45, 2.75) is 6.92 Å². The first-order valence-electron chi connectivity index (χ1n) is 6.73. The Labute approximate surface area is 134 Å². The molecule has 0 bridgehead atoms. The third-order valence-corrected chi connectivity index (χ3v) is 3.30. The first kappa shape index (κ1) is 15.9. The van der Waals surface area contributed by atoms with Gasteiger partial charge in [0.25, 0.3) is 5.91 Å². The van der Waals surface area contributed by atoms with Crippen LogP contribution in [0.5, 0.6) is 0 Å². The molecular weight excluding hydrogens is 300 g/mol. The van der Waals surface area contributed by atoms with Gasteiger partial charge in [-0.2, -0.15) is 5.10 Å². The summed E-state index contributed by atoms with van der Waals surface area (Å²) in [6.07, 6.45) is 0. The zero-order valence-corrected chi connectivity index (χ0v) is 12.9. The number of para-hydroxylation sites is 1. The van der Waals surface area contributed by atoms with Crippen LogP contribution >= 0.6 is 11.6 Å². The molecule has 0 aliphatic rings. The molecule has 2 aromatic carbocycles. The van der Waals surface area contributed by atoms with E-state index in [0.717, 1.165) is 5.56 Å². The molecule has 0 radical (unpaired) electrons. The molecule has 0 saturated heterocycles. The Bertz CT molecular complexity index is 700. The highest BCUT2D eigenvalue weighted by Gasteiger charge is 2.03. The van der Waals surface area contributed by atoms with Crippen molar-refractivity contribution < 1.29 is 4.79 Å². The minimum Gasteiger partial charge on any atom is -0.399 e. The summed E-state index contributed by atoms with van der Waals surface area (Å²) in [5.41, 5.74) is 11.1. The number of carbonyl (C=O) groups is 1. The molecule has 22 heavy (non-hydrogen) atoms. The largest absolute Gasteiger partial charge is 0.399 e. The lowest BCUT2D eigenvalue weighted by Gasteiger charge is -2.07. The predicted molar refractivity (Wildman–Crippen MR) is 91.1 cm³/mol. The molecule has 0 aromatic heterocycles. The number of rotatable bonds is 5. The summed E-state index contributed by atoms with van der Waals surface area (Å²) in [5.74, 6) is -0.261. The van der Waals surface area contributed by atoms with Crippen LogP contribution in [0.1, 0.15) is 12.5 Å². The van der Waals surface area contributed by atoms with Gasteiger partial charge < -0.3 is 11.1 Å². The lowest BCUT2D eigenvalue weighted by Crippen LogP contribution is -2.26. The molecule has 0 heterocycles. The SMILES string of the molecule is C/C(=N/NC(=O)CNc1ccccc1Cl)c1cccc(N)c1. The number of nitrogen functional groups attached to an aromatic ring is 1. The summed E-state index contributed by atoms with van der Waals surface area (Å²) in [6.45, 7) is 1.88. The molecular formula is C16H17ClN4O. The van der Waals surface area contributed by atoms with Gasteiger partial charge in [0, 0.05) is 5.69 Å². The molecule has 0 fully saturated rings. The van der Waals surface area contributed by atoms with E-state index in [4.69, 9.17) is 17.3 Å². The summed E-state index contributed by atoms with van der Waals surface area (Å²) in [7, 11) is 0. The first-order chi connectivity index (χ1) is 10.6. The van der Waals surface area contributed by atoms with Crippen molar-refractivity contribution in [2.75, 3.05) is 17.6 Å². The summed E-state index contributed by atoms with van der Waals surface area (Å²) in [5, 5.41) is 7.58. The third-order valence-electron chi connectivity index (χ3n) is 2.97. The molecule has 0 aliphatic carbocycles. The van der Waals surface area contributed by atoms with Crippen LogP contribution in [0.4, 0.5) is 11.4 Å². The second kappa shape index (κ2) is 7.47. The average Bonchev–Trinajstić information content (AvgIpc) is 2.52. The van der Waals surface area contributed by atoms with Crippen molar-refractivity contribution in [1.82, 2.24) is 5.43 Å². The smallest absolute Gasteiger partial charge is 0.259 e. The second-order valence-electron chi connectivity index (χ2n) is 4.69. The number of benzene rings is 2. The maximum absolute atomic E-state index is 11.8. The number of hydrazone groups is 1. The quantitative estimate of drug-likeness (QED) is 0.451. The number of nitrogens with two attached hydrogens (primary N) is 1. The number of nitrogens with one attached hydrogen (secondary N) is 2. The van der Waals surface area contributed by atoms with Crippen LogP contribution in [-0.2, 0) is 4.79 Å². The van der Waals surface area contributed by atoms with E-state index >= 15 is 0 Å². The van der Waals surface area contributed by atoms with E-state index in [1.165, 1.54) is 0 Å². The monoisotopic (exact) mass is 316 g/mol. The van der Waals surface area contributed by atoms with Gasteiger partial charge in [-0.1, -0.05) is 35.9 Å². The van der Waals surface area contributed by atoms with Gasteiger partial charge in [-0.05, 0) is 36.8 Å². The van der Waals surface area contributed by atoms with E-state index in [2.05, 4.69) is 15.8 Å². The Morgan fingerprint density at radius 1 is 1.23 bits per heavy atom. The van der Waals surface area contributed by atoms with Gasteiger partial charge in [-0.15, -0.1) is 0 Å². The third kappa shape index (κ3) is 4.49. The average molecular weight is 317 g/mol. The minimum absolute atomic E-state index is 0.0808. The lowest BCUT2D eigenvalue weighted by atomic mass is 10.1. The molecule has 1 amide bonds. The number of hydrogen-bond acceptors (Lipinski definition) is 4. The van der Waals surface area contributed by atoms with Crippen LogP contribution in [0.25, 0.3) is 0 Å². The van der Waals surface area contributed by atoms with E-state index in [1.807, 2.05) is 24.3 Å². The Balaban J connectivity index is 1.90. The van der Waals surface area contributed by atoms with Gasteiger partial charge in [0.2, 0.25) is 0 Å². The highest BCUT2D eigenvalue weighted by molar-refractivity contribution is 6.33. The summed E-state index contributed by atoms with van der Waals surface area (Å²) in [4.78, 5) is 11.8. The van der Waals surface area contributed by atoms with Gasteiger partial charge in [-0.3, -0.25) is 4.79 Å². The second-order valence-corrected chi connectivity index (χ2v) is 5.10. The van der Waals surface area contributed by atoms with Crippen LogP contribution in [0.2, 0.25) is 5.02 Å². The van der Waals surface area contributed by atoms with Crippen LogP contribution in [0, 0.1) is 0 Å². The van der Waals surface area contributed by atoms with E-state index < -0.39 is 0 Å². The van der Waals surface area contributed by atoms with Crippen LogP contribution < -0.4 is 16.5 Å². The molecule has 6 heteroatoms. The highest BCUT2D eigenvalue weighted by atomic mass is 35.5. The minimum atomic E-state index is -0.261. The molecule has 4 N–H and O–H groups in total. The van der Waals surface area contributed by atoms with Gasteiger partial charge in [0.15, 0.2) is 0 Å². The normalized spacial score (nSPS) is 11.1. The van der Waals surface area contributed by atoms with E-state index in [1.54, 1.807) is 31.2 Å². The van der Waals surface area contributed by atoms with Crippen molar-refractivity contribution in [3.8, 4) is 0 Å². The van der Waals surface area contributed by atoms with Crippen molar-refractivity contribution in [2.24, 2.45) is 5.10 Å². The number of nitrogens with zero attached hydrogens (tertiary/aromatic N) is 1. The number of anilines is 2. The van der Waals surface area contributed by atoms with E-state index in [9.17, 15) is 4.79 Å². The highest BCUT2D eigenvalue weighted by Crippen LogP contribution is 2.19. The van der Waals surface area contributed by atoms with E-state index in [0.29, 0.717) is 22.1 Å². The standard InChI is InChI=1S/C16H17ClN4O/c1-11(12-5-4-6-13(18)9-12)20-21-16(22)10-19-15-8-3-2-7-14(15)17/h2-9,19H,10,18H2,1H3,(H,21,22)/b20-11-. The Morgan fingerprint density at radius 3 is 2.73 bits per heavy atom. The zero-order valence-electron chi connectivity index (χ0n) is 12.1. The number of carbonyl (C=O) groups excluding carboxylic acids is 1. The maximum atomic E-state index is 11.8. The summed E-state index contributed by atoms with van der Waals surface area (Å²) < 4.78 is 0. The molecule has 2 aromatic rings. The van der Waals surface area contributed by atoms with Crippen LogP contribution in [0.3, 0.4) is 0 Å².